The van der Waals surface area contributed by atoms with Crippen LogP contribution in [0.4, 0.5) is 0 Å². The number of aryl methyl sites for hydroxylation is 2. The SMILES string of the molecule is Cc1cc(C)cc(C(N)CCN(C)Cc2cccnc2)c1. The van der Waals surface area contributed by atoms with E-state index in [4.69, 9.17) is 5.73 Å². The third-order valence-electron chi connectivity index (χ3n) is 3.67. The van der Waals surface area contributed by atoms with Crippen molar-refractivity contribution < 1.29 is 0 Å². The standard InChI is InChI=1S/C18H25N3/c1-14-9-15(2)11-17(10-14)18(19)6-8-21(3)13-16-5-4-7-20-12-16/h4-5,7,9-12,18H,6,8,13,19H2,1-3H3. The molecule has 2 rings (SSSR count). The van der Waals surface area contributed by atoms with Gasteiger partial charge in [-0.05, 0) is 51.1 Å². The normalized spacial score (nSPS) is 12.6. The Morgan fingerprint density at radius 1 is 1.19 bits per heavy atom. The first kappa shape index (κ1) is 15.7. The fraction of sp³-hybridized carbons (Fsp3) is 0.389. The minimum Gasteiger partial charge on any atom is -0.324 e. The second-order valence-electron chi connectivity index (χ2n) is 5.92. The first-order chi connectivity index (χ1) is 10.0. The van der Waals surface area contributed by atoms with Crippen molar-refractivity contribution in [3.05, 3.63) is 65.0 Å². The van der Waals surface area contributed by atoms with E-state index in [1.807, 2.05) is 12.3 Å². The molecule has 112 valence electrons. The highest BCUT2D eigenvalue weighted by atomic mass is 15.1. The third kappa shape index (κ3) is 4.96. The summed E-state index contributed by atoms with van der Waals surface area (Å²) in [7, 11) is 2.13. The third-order valence-corrected chi connectivity index (χ3v) is 3.67. The largest absolute Gasteiger partial charge is 0.324 e. The van der Waals surface area contributed by atoms with Crippen LogP contribution in [0.2, 0.25) is 0 Å². The average molecular weight is 283 g/mol. The Balaban J connectivity index is 1.87. The Morgan fingerprint density at radius 3 is 2.52 bits per heavy atom. The van der Waals surface area contributed by atoms with Gasteiger partial charge in [-0.3, -0.25) is 4.98 Å². The van der Waals surface area contributed by atoms with E-state index in [2.05, 4.69) is 55.0 Å². The number of hydrogen-bond acceptors (Lipinski definition) is 3. The van der Waals surface area contributed by atoms with Crippen LogP contribution in [-0.4, -0.2) is 23.5 Å². The number of aromatic nitrogens is 1. The van der Waals surface area contributed by atoms with Gasteiger partial charge < -0.3 is 10.6 Å². The number of rotatable bonds is 6. The highest BCUT2D eigenvalue weighted by molar-refractivity contribution is 5.30. The van der Waals surface area contributed by atoms with E-state index in [1.165, 1.54) is 22.3 Å². The van der Waals surface area contributed by atoms with Crippen LogP contribution in [-0.2, 0) is 6.54 Å². The van der Waals surface area contributed by atoms with Gasteiger partial charge in [0.2, 0.25) is 0 Å². The van der Waals surface area contributed by atoms with Crippen molar-refractivity contribution >= 4 is 0 Å². The fourth-order valence-corrected chi connectivity index (χ4v) is 2.63. The topological polar surface area (TPSA) is 42.1 Å². The van der Waals surface area contributed by atoms with E-state index in [0.29, 0.717) is 0 Å². The molecule has 1 atom stereocenters. The Bertz CT molecular complexity index is 546. The van der Waals surface area contributed by atoms with Crippen molar-refractivity contribution in [2.75, 3.05) is 13.6 Å². The molecule has 1 heterocycles. The van der Waals surface area contributed by atoms with Crippen LogP contribution in [0.3, 0.4) is 0 Å². The van der Waals surface area contributed by atoms with Crippen LogP contribution in [0.15, 0.2) is 42.7 Å². The molecule has 0 bridgehead atoms. The van der Waals surface area contributed by atoms with Crippen molar-refractivity contribution in [1.29, 1.82) is 0 Å². The molecule has 0 radical (unpaired) electrons. The van der Waals surface area contributed by atoms with Gasteiger partial charge >= 0.3 is 0 Å². The van der Waals surface area contributed by atoms with Crippen LogP contribution in [0.5, 0.6) is 0 Å². The van der Waals surface area contributed by atoms with Gasteiger partial charge in [0.15, 0.2) is 0 Å². The van der Waals surface area contributed by atoms with Gasteiger partial charge in [0, 0.05) is 25.0 Å². The Kier molecular flexibility index (Phi) is 5.48. The molecule has 1 aromatic heterocycles. The summed E-state index contributed by atoms with van der Waals surface area (Å²) in [4.78, 5) is 6.44. The predicted octanol–water partition coefficient (Wildman–Crippen LogP) is 3.22. The predicted molar refractivity (Wildman–Crippen MR) is 88.0 cm³/mol. The van der Waals surface area contributed by atoms with Gasteiger partial charge in [0.25, 0.3) is 0 Å². The Hall–Kier alpha value is -1.71. The number of benzene rings is 1. The summed E-state index contributed by atoms with van der Waals surface area (Å²) in [5.41, 5.74) is 11.4. The molecule has 0 aliphatic rings. The van der Waals surface area contributed by atoms with Crippen LogP contribution in [0, 0.1) is 13.8 Å². The van der Waals surface area contributed by atoms with Crippen molar-refractivity contribution in [2.24, 2.45) is 5.73 Å². The molecule has 0 saturated carbocycles. The molecular formula is C18H25N3. The minimum atomic E-state index is 0.0972. The zero-order valence-corrected chi connectivity index (χ0v) is 13.2. The summed E-state index contributed by atoms with van der Waals surface area (Å²) in [6.45, 7) is 6.13. The molecule has 1 unspecified atom stereocenters. The zero-order chi connectivity index (χ0) is 15.2. The molecule has 2 N–H and O–H groups in total. The van der Waals surface area contributed by atoms with E-state index in [0.717, 1.165) is 19.5 Å². The molecule has 0 saturated heterocycles. The maximum atomic E-state index is 6.34. The van der Waals surface area contributed by atoms with Crippen molar-refractivity contribution in [3.8, 4) is 0 Å². The van der Waals surface area contributed by atoms with E-state index < -0.39 is 0 Å². The second-order valence-corrected chi connectivity index (χ2v) is 5.92. The first-order valence-electron chi connectivity index (χ1n) is 7.46. The summed E-state index contributed by atoms with van der Waals surface area (Å²) >= 11 is 0. The number of pyridine rings is 1. The summed E-state index contributed by atoms with van der Waals surface area (Å²) in [6.07, 6.45) is 4.68. The minimum absolute atomic E-state index is 0.0972. The van der Waals surface area contributed by atoms with Gasteiger partial charge in [-0.25, -0.2) is 0 Å². The van der Waals surface area contributed by atoms with Crippen LogP contribution in [0.1, 0.15) is 34.7 Å². The van der Waals surface area contributed by atoms with Gasteiger partial charge in [-0.1, -0.05) is 35.4 Å². The maximum absolute atomic E-state index is 6.34. The van der Waals surface area contributed by atoms with Crippen molar-refractivity contribution in [2.45, 2.75) is 32.9 Å². The van der Waals surface area contributed by atoms with Crippen molar-refractivity contribution in [1.82, 2.24) is 9.88 Å². The lowest BCUT2D eigenvalue weighted by molar-refractivity contribution is 0.311. The fourth-order valence-electron chi connectivity index (χ4n) is 2.63. The number of hydrogen-bond donors (Lipinski definition) is 1. The van der Waals surface area contributed by atoms with E-state index in [-0.39, 0.29) is 6.04 Å². The highest BCUT2D eigenvalue weighted by Gasteiger charge is 2.09. The molecule has 0 spiro atoms. The maximum Gasteiger partial charge on any atom is 0.0312 e. The highest BCUT2D eigenvalue weighted by Crippen LogP contribution is 2.18. The lowest BCUT2D eigenvalue weighted by Crippen LogP contribution is -2.23. The smallest absolute Gasteiger partial charge is 0.0312 e. The molecule has 1 aromatic carbocycles. The van der Waals surface area contributed by atoms with Gasteiger partial charge in [0.05, 0.1) is 0 Å². The molecular weight excluding hydrogens is 258 g/mol. The van der Waals surface area contributed by atoms with Crippen LogP contribution in [0.25, 0.3) is 0 Å². The Labute approximate surface area is 127 Å². The van der Waals surface area contributed by atoms with E-state index in [1.54, 1.807) is 6.20 Å². The summed E-state index contributed by atoms with van der Waals surface area (Å²) in [6, 6.07) is 10.8. The molecule has 21 heavy (non-hydrogen) atoms. The van der Waals surface area contributed by atoms with Crippen LogP contribution >= 0.6 is 0 Å². The number of nitrogens with zero attached hydrogens (tertiary/aromatic N) is 2. The first-order valence-corrected chi connectivity index (χ1v) is 7.46. The van der Waals surface area contributed by atoms with Gasteiger partial charge in [-0.15, -0.1) is 0 Å². The molecule has 3 nitrogen and oxygen atoms in total. The van der Waals surface area contributed by atoms with Gasteiger partial charge in [0.1, 0.15) is 0 Å². The molecule has 0 aliphatic heterocycles. The Morgan fingerprint density at radius 2 is 1.90 bits per heavy atom. The van der Waals surface area contributed by atoms with E-state index in [9.17, 15) is 0 Å². The lowest BCUT2D eigenvalue weighted by Gasteiger charge is -2.20. The quantitative estimate of drug-likeness (QED) is 0.885. The van der Waals surface area contributed by atoms with E-state index >= 15 is 0 Å². The monoisotopic (exact) mass is 283 g/mol. The molecule has 2 aromatic rings. The van der Waals surface area contributed by atoms with Crippen LogP contribution < -0.4 is 5.73 Å². The zero-order valence-electron chi connectivity index (χ0n) is 13.2. The number of nitrogens with two attached hydrogens (primary N) is 1. The summed E-state index contributed by atoms with van der Waals surface area (Å²) in [5, 5.41) is 0. The average Bonchev–Trinajstić information content (AvgIpc) is 2.45. The second kappa shape index (κ2) is 7.34. The molecule has 0 aliphatic carbocycles. The molecule has 0 fully saturated rings. The lowest BCUT2D eigenvalue weighted by atomic mass is 9.99. The molecule has 0 amide bonds. The van der Waals surface area contributed by atoms with Crippen molar-refractivity contribution in [3.63, 3.8) is 0 Å². The van der Waals surface area contributed by atoms with Gasteiger partial charge in [-0.2, -0.15) is 0 Å². The summed E-state index contributed by atoms with van der Waals surface area (Å²) < 4.78 is 0. The molecule has 3 heteroatoms. The summed E-state index contributed by atoms with van der Waals surface area (Å²) in [5.74, 6) is 0.